The quantitative estimate of drug-likeness (QED) is 0.557. The number of carbonyl (C=O) groups excluding carboxylic acids is 2. The van der Waals surface area contributed by atoms with Crippen LogP contribution >= 0.6 is 0 Å². The average Bonchev–Trinajstić information content (AvgIpc) is 2.65. The standard InChI is InChI=1S/C17H20N4O4/c1-24-8-4-7-18-15-10-14(19-11-20-15)16(22)21-13-6-3-5-12(9-13)17(23)25-2/h3,5-6,9-11H,4,7-8H2,1-2H3,(H,21,22)(H,18,19,20). The van der Waals surface area contributed by atoms with Crippen LogP contribution in [-0.2, 0) is 9.47 Å². The Labute approximate surface area is 145 Å². The second-order valence-corrected chi connectivity index (χ2v) is 5.09. The van der Waals surface area contributed by atoms with E-state index in [0.29, 0.717) is 30.2 Å². The summed E-state index contributed by atoms with van der Waals surface area (Å²) in [5, 5.41) is 5.79. The fourth-order valence-electron chi connectivity index (χ4n) is 2.05. The molecule has 0 radical (unpaired) electrons. The lowest BCUT2D eigenvalue weighted by molar-refractivity contribution is 0.0600. The third-order valence-electron chi connectivity index (χ3n) is 3.27. The van der Waals surface area contributed by atoms with Crippen molar-refractivity contribution in [2.24, 2.45) is 0 Å². The molecular weight excluding hydrogens is 324 g/mol. The molecule has 0 aliphatic heterocycles. The van der Waals surface area contributed by atoms with E-state index < -0.39 is 11.9 Å². The number of nitrogens with one attached hydrogen (secondary N) is 2. The van der Waals surface area contributed by atoms with E-state index in [4.69, 9.17) is 4.74 Å². The molecule has 0 bridgehead atoms. The molecule has 0 aliphatic carbocycles. The molecule has 2 rings (SSSR count). The van der Waals surface area contributed by atoms with Crippen LogP contribution in [0.15, 0.2) is 36.7 Å². The summed E-state index contributed by atoms with van der Waals surface area (Å²) in [6.45, 7) is 1.31. The minimum absolute atomic E-state index is 0.215. The van der Waals surface area contributed by atoms with Crippen LogP contribution in [0, 0.1) is 0 Å². The zero-order valence-electron chi connectivity index (χ0n) is 14.1. The zero-order chi connectivity index (χ0) is 18.1. The lowest BCUT2D eigenvalue weighted by Gasteiger charge is -2.08. The number of hydrogen-bond donors (Lipinski definition) is 2. The van der Waals surface area contributed by atoms with Crippen LogP contribution in [-0.4, -0.2) is 49.2 Å². The molecule has 1 amide bonds. The van der Waals surface area contributed by atoms with Gasteiger partial charge in [-0.3, -0.25) is 4.79 Å². The Hall–Kier alpha value is -3.00. The summed E-state index contributed by atoms with van der Waals surface area (Å²) in [6.07, 6.45) is 2.14. The Balaban J connectivity index is 2.02. The predicted molar refractivity (Wildman–Crippen MR) is 92.7 cm³/mol. The van der Waals surface area contributed by atoms with Crippen LogP contribution in [0.1, 0.15) is 27.3 Å². The second-order valence-electron chi connectivity index (χ2n) is 5.09. The largest absolute Gasteiger partial charge is 0.465 e. The molecule has 1 aromatic heterocycles. The highest BCUT2D eigenvalue weighted by Gasteiger charge is 2.11. The van der Waals surface area contributed by atoms with Gasteiger partial charge in [0.1, 0.15) is 17.8 Å². The van der Waals surface area contributed by atoms with E-state index in [0.717, 1.165) is 6.42 Å². The van der Waals surface area contributed by atoms with E-state index in [9.17, 15) is 9.59 Å². The van der Waals surface area contributed by atoms with Gasteiger partial charge < -0.3 is 20.1 Å². The van der Waals surface area contributed by atoms with Crippen molar-refractivity contribution in [1.82, 2.24) is 9.97 Å². The molecule has 2 N–H and O–H groups in total. The van der Waals surface area contributed by atoms with Crippen LogP contribution in [0.3, 0.4) is 0 Å². The number of nitrogens with zero attached hydrogens (tertiary/aromatic N) is 2. The summed E-state index contributed by atoms with van der Waals surface area (Å²) in [5.74, 6) is -0.315. The van der Waals surface area contributed by atoms with E-state index in [1.54, 1.807) is 31.4 Å². The first kappa shape index (κ1) is 18.3. The van der Waals surface area contributed by atoms with Gasteiger partial charge in [-0.05, 0) is 24.6 Å². The van der Waals surface area contributed by atoms with Gasteiger partial charge in [0, 0.05) is 32.0 Å². The number of hydrogen-bond acceptors (Lipinski definition) is 7. The van der Waals surface area contributed by atoms with Crippen LogP contribution in [0.5, 0.6) is 0 Å². The Kier molecular flexibility index (Phi) is 6.85. The molecule has 0 saturated heterocycles. The first-order valence-corrected chi connectivity index (χ1v) is 7.68. The van der Waals surface area contributed by atoms with Crippen molar-refractivity contribution in [3.8, 4) is 0 Å². The van der Waals surface area contributed by atoms with E-state index in [-0.39, 0.29) is 5.69 Å². The van der Waals surface area contributed by atoms with Crippen LogP contribution < -0.4 is 10.6 Å². The summed E-state index contributed by atoms with van der Waals surface area (Å²) in [5.41, 5.74) is 1.04. The van der Waals surface area contributed by atoms with E-state index >= 15 is 0 Å². The van der Waals surface area contributed by atoms with E-state index in [1.165, 1.54) is 19.5 Å². The Bertz CT molecular complexity index is 736. The van der Waals surface area contributed by atoms with Gasteiger partial charge in [-0.15, -0.1) is 0 Å². The molecule has 0 spiro atoms. The number of carbonyl (C=O) groups is 2. The van der Waals surface area contributed by atoms with Crippen molar-refractivity contribution in [1.29, 1.82) is 0 Å². The summed E-state index contributed by atoms with van der Waals surface area (Å²) in [6, 6.07) is 8.04. The van der Waals surface area contributed by atoms with E-state index in [1.807, 2.05) is 0 Å². The molecule has 0 fully saturated rings. The number of aromatic nitrogens is 2. The van der Waals surface area contributed by atoms with Gasteiger partial charge in [-0.25, -0.2) is 14.8 Å². The summed E-state index contributed by atoms with van der Waals surface area (Å²) >= 11 is 0. The first-order valence-electron chi connectivity index (χ1n) is 7.68. The number of methoxy groups -OCH3 is 2. The molecular formula is C17H20N4O4. The van der Waals surface area contributed by atoms with Crippen molar-refractivity contribution >= 4 is 23.4 Å². The molecule has 8 nitrogen and oxygen atoms in total. The minimum atomic E-state index is -0.472. The normalized spacial score (nSPS) is 10.2. The van der Waals surface area contributed by atoms with Crippen LogP contribution in [0.25, 0.3) is 0 Å². The maximum absolute atomic E-state index is 12.3. The number of rotatable bonds is 8. The zero-order valence-corrected chi connectivity index (χ0v) is 14.1. The molecule has 1 heterocycles. The van der Waals surface area contributed by atoms with Gasteiger partial charge in [0.25, 0.3) is 5.91 Å². The number of benzene rings is 1. The Morgan fingerprint density at radius 1 is 1.16 bits per heavy atom. The lowest BCUT2D eigenvalue weighted by Crippen LogP contribution is -2.15. The third kappa shape index (κ3) is 5.54. The van der Waals surface area contributed by atoms with Gasteiger partial charge in [0.15, 0.2) is 0 Å². The van der Waals surface area contributed by atoms with Gasteiger partial charge in [0.05, 0.1) is 12.7 Å². The Morgan fingerprint density at radius 3 is 2.76 bits per heavy atom. The molecule has 0 unspecified atom stereocenters. The highest BCUT2D eigenvalue weighted by Crippen LogP contribution is 2.13. The van der Waals surface area contributed by atoms with Crippen molar-refractivity contribution in [3.63, 3.8) is 0 Å². The molecule has 1 aromatic carbocycles. The molecule has 2 aromatic rings. The number of anilines is 2. The topological polar surface area (TPSA) is 102 Å². The summed E-state index contributed by atoms with van der Waals surface area (Å²) in [7, 11) is 2.94. The number of ether oxygens (including phenoxy) is 2. The monoisotopic (exact) mass is 344 g/mol. The number of amides is 1. The average molecular weight is 344 g/mol. The maximum Gasteiger partial charge on any atom is 0.337 e. The van der Waals surface area contributed by atoms with Crippen molar-refractivity contribution < 1.29 is 19.1 Å². The fourth-order valence-corrected chi connectivity index (χ4v) is 2.05. The summed E-state index contributed by atoms with van der Waals surface area (Å²) < 4.78 is 9.63. The smallest absolute Gasteiger partial charge is 0.337 e. The molecule has 0 saturated carbocycles. The predicted octanol–water partition coefficient (Wildman–Crippen LogP) is 1.96. The van der Waals surface area contributed by atoms with Gasteiger partial charge >= 0.3 is 5.97 Å². The van der Waals surface area contributed by atoms with Gasteiger partial charge in [-0.1, -0.05) is 6.07 Å². The summed E-state index contributed by atoms with van der Waals surface area (Å²) in [4.78, 5) is 31.9. The highest BCUT2D eigenvalue weighted by atomic mass is 16.5. The van der Waals surface area contributed by atoms with Gasteiger partial charge in [-0.2, -0.15) is 0 Å². The maximum atomic E-state index is 12.3. The van der Waals surface area contributed by atoms with Crippen molar-refractivity contribution in [3.05, 3.63) is 47.9 Å². The van der Waals surface area contributed by atoms with E-state index in [2.05, 4.69) is 25.3 Å². The Morgan fingerprint density at radius 2 is 2.00 bits per heavy atom. The van der Waals surface area contributed by atoms with Gasteiger partial charge in [0.2, 0.25) is 0 Å². The lowest BCUT2D eigenvalue weighted by atomic mass is 10.2. The highest BCUT2D eigenvalue weighted by molar-refractivity contribution is 6.03. The molecule has 0 aliphatic rings. The van der Waals surface area contributed by atoms with Crippen LogP contribution in [0.2, 0.25) is 0 Å². The molecule has 25 heavy (non-hydrogen) atoms. The molecule has 0 atom stereocenters. The molecule has 8 heteroatoms. The van der Waals surface area contributed by atoms with Crippen LogP contribution in [0.4, 0.5) is 11.5 Å². The van der Waals surface area contributed by atoms with Crippen molar-refractivity contribution in [2.75, 3.05) is 38.0 Å². The number of esters is 1. The SMILES string of the molecule is COCCCNc1cc(C(=O)Nc2cccc(C(=O)OC)c2)ncn1. The first-order chi connectivity index (χ1) is 12.1. The van der Waals surface area contributed by atoms with Crippen molar-refractivity contribution in [2.45, 2.75) is 6.42 Å². The third-order valence-corrected chi connectivity index (χ3v) is 3.27. The second kappa shape index (κ2) is 9.33. The molecule has 132 valence electrons. The fraction of sp³-hybridized carbons (Fsp3) is 0.294. The minimum Gasteiger partial charge on any atom is -0.465 e.